The van der Waals surface area contributed by atoms with Crippen LogP contribution in [0, 0.1) is 6.92 Å². The fourth-order valence-electron chi connectivity index (χ4n) is 2.89. The summed E-state index contributed by atoms with van der Waals surface area (Å²) in [6.45, 7) is 2.34. The van der Waals surface area contributed by atoms with Crippen molar-refractivity contribution in [3.63, 3.8) is 0 Å². The van der Waals surface area contributed by atoms with E-state index in [-0.39, 0.29) is 5.91 Å². The molecule has 0 saturated heterocycles. The minimum atomic E-state index is 0.00804. The quantitative estimate of drug-likeness (QED) is 0.903. The maximum absolute atomic E-state index is 12.1. The minimum Gasteiger partial charge on any atom is -0.325 e. The van der Waals surface area contributed by atoms with E-state index in [0.29, 0.717) is 12.6 Å². The molecule has 1 unspecified atom stereocenters. The highest BCUT2D eigenvalue weighted by molar-refractivity contribution is 5.92. The van der Waals surface area contributed by atoms with Crippen molar-refractivity contribution in [3.05, 3.63) is 65.2 Å². The van der Waals surface area contributed by atoms with Crippen LogP contribution in [0.25, 0.3) is 0 Å². The molecular formula is C18H20N2O. The second-order valence-electron chi connectivity index (χ2n) is 5.53. The van der Waals surface area contributed by atoms with Gasteiger partial charge in [-0.15, -0.1) is 0 Å². The number of hydrogen-bond acceptors (Lipinski definition) is 2. The van der Waals surface area contributed by atoms with Crippen LogP contribution >= 0.6 is 0 Å². The molecule has 0 bridgehead atoms. The Balaban J connectivity index is 1.57. The van der Waals surface area contributed by atoms with Crippen molar-refractivity contribution >= 4 is 11.6 Å². The van der Waals surface area contributed by atoms with Crippen LogP contribution in [-0.4, -0.2) is 12.5 Å². The predicted octanol–water partition coefficient (Wildman–Crippen LogP) is 3.21. The van der Waals surface area contributed by atoms with E-state index in [1.807, 2.05) is 31.2 Å². The summed E-state index contributed by atoms with van der Waals surface area (Å²) in [5, 5.41) is 6.32. The highest BCUT2D eigenvalue weighted by Crippen LogP contribution is 2.30. The van der Waals surface area contributed by atoms with Gasteiger partial charge in [-0.2, -0.15) is 0 Å². The smallest absolute Gasteiger partial charge is 0.238 e. The highest BCUT2D eigenvalue weighted by atomic mass is 16.1. The third kappa shape index (κ3) is 3.14. The molecule has 1 aliphatic carbocycles. The SMILES string of the molecule is Cc1ccccc1NC(=O)CNC1CCc2ccccc21. The number of aryl methyl sites for hydroxylation is 2. The first-order valence-electron chi connectivity index (χ1n) is 7.41. The Labute approximate surface area is 125 Å². The predicted molar refractivity (Wildman–Crippen MR) is 85.3 cm³/mol. The van der Waals surface area contributed by atoms with Crippen LogP contribution in [0.2, 0.25) is 0 Å². The van der Waals surface area contributed by atoms with Crippen LogP contribution in [0.5, 0.6) is 0 Å². The Morgan fingerprint density at radius 1 is 1.14 bits per heavy atom. The van der Waals surface area contributed by atoms with Gasteiger partial charge in [-0.05, 0) is 42.5 Å². The van der Waals surface area contributed by atoms with Gasteiger partial charge in [0.1, 0.15) is 0 Å². The molecule has 0 fully saturated rings. The molecule has 3 heteroatoms. The number of anilines is 1. The summed E-state index contributed by atoms with van der Waals surface area (Å²) in [5.41, 5.74) is 4.70. The molecule has 1 aliphatic rings. The molecule has 0 aromatic heterocycles. The molecular weight excluding hydrogens is 260 g/mol. The van der Waals surface area contributed by atoms with Crippen LogP contribution in [0.15, 0.2) is 48.5 Å². The third-order valence-corrected chi connectivity index (χ3v) is 4.06. The number of fused-ring (bicyclic) bond motifs is 1. The van der Waals surface area contributed by atoms with Gasteiger partial charge in [-0.3, -0.25) is 4.79 Å². The van der Waals surface area contributed by atoms with Crippen molar-refractivity contribution in [3.8, 4) is 0 Å². The second-order valence-corrected chi connectivity index (χ2v) is 5.53. The van der Waals surface area contributed by atoms with E-state index in [0.717, 1.165) is 24.1 Å². The molecule has 2 aromatic carbocycles. The highest BCUT2D eigenvalue weighted by Gasteiger charge is 2.21. The number of amides is 1. The first-order valence-corrected chi connectivity index (χ1v) is 7.41. The first-order chi connectivity index (χ1) is 10.2. The molecule has 1 amide bonds. The van der Waals surface area contributed by atoms with Crippen LogP contribution in [-0.2, 0) is 11.2 Å². The lowest BCUT2D eigenvalue weighted by Crippen LogP contribution is -2.30. The number of carbonyl (C=O) groups is 1. The van der Waals surface area contributed by atoms with E-state index in [1.54, 1.807) is 0 Å². The van der Waals surface area contributed by atoms with E-state index in [4.69, 9.17) is 0 Å². The van der Waals surface area contributed by atoms with E-state index in [2.05, 4.69) is 34.9 Å². The van der Waals surface area contributed by atoms with Crippen LogP contribution in [0.1, 0.15) is 29.2 Å². The maximum atomic E-state index is 12.1. The van der Waals surface area contributed by atoms with Crippen LogP contribution in [0.4, 0.5) is 5.69 Å². The zero-order chi connectivity index (χ0) is 14.7. The molecule has 0 saturated carbocycles. The molecule has 2 N–H and O–H groups in total. The summed E-state index contributed by atoms with van der Waals surface area (Å²) in [7, 11) is 0. The zero-order valence-electron chi connectivity index (χ0n) is 12.2. The summed E-state index contributed by atoms with van der Waals surface area (Å²) in [4.78, 5) is 12.1. The monoisotopic (exact) mass is 280 g/mol. The molecule has 3 rings (SSSR count). The van der Waals surface area contributed by atoms with Crippen LogP contribution < -0.4 is 10.6 Å². The number of hydrogen-bond donors (Lipinski definition) is 2. The summed E-state index contributed by atoms with van der Waals surface area (Å²) in [6.07, 6.45) is 2.16. The number of benzene rings is 2. The van der Waals surface area contributed by atoms with Gasteiger partial charge in [0.2, 0.25) is 5.91 Å². The van der Waals surface area contributed by atoms with Crippen molar-refractivity contribution in [2.45, 2.75) is 25.8 Å². The maximum Gasteiger partial charge on any atom is 0.238 e. The molecule has 2 aromatic rings. The lowest BCUT2D eigenvalue weighted by molar-refractivity contribution is -0.115. The van der Waals surface area contributed by atoms with Gasteiger partial charge in [0.15, 0.2) is 0 Å². The number of para-hydroxylation sites is 1. The van der Waals surface area contributed by atoms with Crippen LogP contribution in [0.3, 0.4) is 0 Å². The lowest BCUT2D eigenvalue weighted by atomic mass is 10.1. The number of rotatable bonds is 4. The fourth-order valence-corrected chi connectivity index (χ4v) is 2.89. The Bertz CT molecular complexity index is 651. The summed E-state index contributed by atoms with van der Waals surface area (Å²) in [6, 6.07) is 16.6. The topological polar surface area (TPSA) is 41.1 Å². The molecule has 0 heterocycles. The Morgan fingerprint density at radius 3 is 2.76 bits per heavy atom. The fraction of sp³-hybridized carbons (Fsp3) is 0.278. The summed E-state index contributed by atoms with van der Waals surface area (Å²) >= 11 is 0. The average Bonchev–Trinajstić information content (AvgIpc) is 2.91. The first kappa shape index (κ1) is 13.8. The van der Waals surface area contributed by atoms with E-state index in [1.165, 1.54) is 11.1 Å². The van der Waals surface area contributed by atoms with Gasteiger partial charge in [0.25, 0.3) is 0 Å². The van der Waals surface area contributed by atoms with Crippen molar-refractivity contribution in [1.29, 1.82) is 0 Å². The minimum absolute atomic E-state index is 0.00804. The second kappa shape index (κ2) is 6.10. The van der Waals surface area contributed by atoms with E-state index >= 15 is 0 Å². The Morgan fingerprint density at radius 2 is 1.90 bits per heavy atom. The molecule has 3 nitrogen and oxygen atoms in total. The number of carbonyl (C=O) groups excluding carboxylic acids is 1. The largest absolute Gasteiger partial charge is 0.325 e. The normalized spacial score (nSPS) is 16.5. The Hall–Kier alpha value is -2.13. The lowest BCUT2D eigenvalue weighted by Gasteiger charge is -2.14. The molecule has 0 radical (unpaired) electrons. The molecule has 108 valence electrons. The van der Waals surface area contributed by atoms with Gasteiger partial charge >= 0.3 is 0 Å². The van der Waals surface area contributed by atoms with Gasteiger partial charge in [0, 0.05) is 11.7 Å². The molecule has 21 heavy (non-hydrogen) atoms. The van der Waals surface area contributed by atoms with Gasteiger partial charge in [-0.25, -0.2) is 0 Å². The van der Waals surface area contributed by atoms with Crippen molar-refractivity contribution in [2.24, 2.45) is 0 Å². The Kier molecular flexibility index (Phi) is 4.02. The standard InChI is InChI=1S/C18H20N2O/c1-13-6-2-5-9-16(13)20-18(21)12-19-17-11-10-14-7-3-4-8-15(14)17/h2-9,17,19H,10-12H2,1H3,(H,20,21). The number of nitrogens with one attached hydrogen (secondary N) is 2. The summed E-state index contributed by atoms with van der Waals surface area (Å²) in [5.74, 6) is 0.00804. The van der Waals surface area contributed by atoms with E-state index in [9.17, 15) is 4.79 Å². The molecule has 0 aliphatic heterocycles. The van der Waals surface area contributed by atoms with Crippen molar-refractivity contribution in [2.75, 3.05) is 11.9 Å². The van der Waals surface area contributed by atoms with Crippen molar-refractivity contribution in [1.82, 2.24) is 5.32 Å². The van der Waals surface area contributed by atoms with E-state index < -0.39 is 0 Å². The third-order valence-electron chi connectivity index (χ3n) is 4.06. The van der Waals surface area contributed by atoms with Gasteiger partial charge in [-0.1, -0.05) is 42.5 Å². The van der Waals surface area contributed by atoms with Gasteiger partial charge < -0.3 is 10.6 Å². The van der Waals surface area contributed by atoms with Crippen molar-refractivity contribution < 1.29 is 4.79 Å². The van der Waals surface area contributed by atoms with Gasteiger partial charge in [0.05, 0.1) is 6.54 Å². The molecule has 0 spiro atoms. The molecule has 1 atom stereocenters. The average molecular weight is 280 g/mol. The summed E-state index contributed by atoms with van der Waals surface area (Å²) < 4.78 is 0. The zero-order valence-corrected chi connectivity index (χ0v) is 12.2.